The van der Waals surface area contributed by atoms with Crippen LogP contribution in [0.1, 0.15) is 48.5 Å². The molecular weight excluding hydrogens is 364 g/mol. The van der Waals surface area contributed by atoms with E-state index in [0.717, 1.165) is 16.7 Å². The van der Waals surface area contributed by atoms with Crippen molar-refractivity contribution in [2.45, 2.75) is 72.7 Å². The van der Waals surface area contributed by atoms with Crippen molar-refractivity contribution in [3.8, 4) is 0 Å². The van der Waals surface area contributed by atoms with Crippen LogP contribution in [0.3, 0.4) is 0 Å². The summed E-state index contributed by atoms with van der Waals surface area (Å²) in [6, 6.07) is 0. The van der Waals surface area contributed by atoms with Crippen molar-refractivity contribution in [1.29, 1.82) is 0 Å². The average molecular weight is 405 g/mol. The predicted molar refractivity (Wildman–Crippen MR) is 124 cm³/mol. The highest BCUT2D eigenvalue weighted by Crippen LogP contribution is 2.38. The van der Waals surface area contributed by atoms with Crippen LogP contribution in [0.4, 0.5) is 0 Å². The minimum atomic E-state index is -1.91. The van der Waals surface area contributed by atoms with E-state index in [0.29, 0.717) is 0 Å². The zero-order chi connectivity index (χ0) is 22.1. The monoisotopic (exact) mass is 404 g/mol. The Bertz CT molecular complexity index is 658. The van der Waals surface area contributed by atoms with E-state index < -0.39 is 8.32 Å². The van der Waals surface area contributed by atoms with Crippen LogP contribution >= 0.6 is 0 Å². The molecule has 0 N–H and O–H groups in total. The van der Waals surface area contributed by atoms with Crippen LogP contribution in [-0.2, 0) is 14.0 Å². The lowest BCUT2D eigenvalue weighted by Crippen LogP contribution is -2.44. The van der Waals surface area contributed by atoms with E-state index in [9.17, 15) is 4.79 Å². The minimum Gasteiger partial charge on any atom is -0.466 e. The van der Waals surface area contributed by atoms with Crippen LogP contribution in [0.2, 0.25) is 18.1 Å². The maximum atomic E-state index is 11.2. The van der Waals surface area contributed by atoms with Gasteiger partial charge >= 0.3 is 5.97 Å². The summed E-state index contributed by atoms with van der Waals surface area (Å²) in [5.74, 6) is -0.145. The number of rotatable bonds is 9. The summed E-state index contributed by atoms with van der Waals surface area (Å²) in [4.78, 5) is 11.2. The highest BCUT2D eigenvalue weighted by Gasteiger charge is 2.39. The first-order valence-electron chi connectivity index (χ1n) is 9.85. The highest BCUT2D eigenvalue weighted by molar-refractivity contribution is 6.74. The summed E-state index contributed by atoms with van der Waals surface area (Å²) in [7, 11) is -0.534. The van der Waals surface area contributed by atoms with Gasteiger partial charge in [0, 0.05) is 12.0 Å². The normalized spacial score (nSPS) is 16.9. The Labute approximate surface area is 174 Å². The molecule has 0 aliphatic heterocycles. The van der Waals surface area contributed by atoms with E-state index in [-0.39, 0.29) is 23.0 Å². The molecule has 28 heavy (non-hydrogen) atoms. The summed E-state index contributed by atoms with van der Waals surface area (Å²) < 4.78 is 11.3. The van der Waals surface area contributed by atoms with Gasteiger partial charge in [-0.15, -0.1) is 0 Å². The van der Waals surface area contributed by atoms with Gasteiger partial charge in [0.25, 0.3) is 0 Å². The molecule has 0 amide bonds. The number of methoxy groups -OCH3 is 1. The van der Waals surface area contributed by atoms with Gasteiger partial charge in [-0.3, -0.25) is 0 Å². The molecule has 0 unspecified atom stereocenters. The van der Waals surface area contributed by atoms with E-state index in [4.69, 9.17) is 4.43 Å². The average Bonchev–Trinajstić information content (AvgIpc) is 2.57. The predicted octanol–water partition coefficient (Wildman–Crippen LogP) is 6.77. The van der Waals surface area contributed by atoms with Gasteiger partial charge in [0.15, 0.2) is 8.32 Å². The Kier molecular flexibility index (Phi) is 10.7. The molecule has 0 aromatic carbocycles. The zero-order valence-corrected chi connectivity index (χ0v) is 20.6. The molecule has 0 aliphatic rings. The summed E-state index contributed by atoms with van der Waals surface area (Å²) in [5, 5.41) is 0.148. The summed E-state index contributed by atoms with van der Waals surface area (Å²) in [5.41, 5.74) is 3.24. The fourth-order valence-electron chi connectivity index (χ4n) is 2.37. The molecular formula is C24H40O3Si. The molecule has 0 fully saturated rings. The molecule has 158 valence electrons. The number of carbonyl (C=O) groups is 1. The second-order valence-corrected chi connectivity index (χ2v) is 13.7. The number of carbonyl (C=O) groups excluding carboxylic acids is 1. The van der Waals surface area contributed by atoms with E-state index in [1.165, 1.54) is 13.2 Å². The molecule has 0 saturated heterocycles. The van der Waals surface area contributed by atoms with Crippen molar-refractivity contribution >= 4 is 14.3 Å². The molecule has 2 atom stereocenters. The summed E-state index contributed by atoms with van der Waals surface area (Å²) in [6.07, 6.45) is 11.5. The maximum absolute atomic E-state index is 11.2. The van der Waals surface area contributed by atoms with Gasteiger partial charge in [-0.2, -0.15) is 0 Å². The quantitative estimate of drug-likeness (QED) is 0.184. The third-order valence-corrected chi connectivity index (χ3v) is 9.64. The molecule has 0 spiro atoms. The second kappa shape index (κ2) is 11.4. The molecule has 0 heterocycles. The lowest BCUT2D eigenvalue weighted by Gasteiger charge is -2.40. The first-order chi connectivity index (χ1) is 12.7. The van der Waals surface area contributed by atoms with Crippen LogP contribution in [0.5, 0.6) is 0 Å². The van der Waals surface area contributed by atoms with E-state index >= 15 is 0 Å². The Balaban J connectivity index is 5.62. The molecule has 0 aromatic heterocycles. The standard InChI is InChI=1S/C24H40O3Si/c1-12-18(2)17-22(27-28(10,11)24(6,7)8)21(5)16-20(4)15-19(3)13-14-23(25)26-9/h12-17,21-22H,1H2,2-11H3/b14-13+,18-17+,19-15-,20-16-/t21-,22+/m0/s1. The van der Waals surface area contributed by atoms with Crippen LogP contribution < -0.4 is 0 Å². The zero-order valence-electron chi connectivity index (χ0n) is 19.6. The fourth-order valence-corrected chi connectivity index (χ4v) is 3.69. The topological polar surface area (TPSA) is 35.5 Å². The van der Waals surface area contributed by atoms with Crippen molar-refractivity contribution in [3.05, 3.63) is 59.8 Å². The van der Waals surface area contributed by atoms with Gasteiger partial charge in [-0.05, 0) is 38.9 Å². The lowest BCUT2D eigenvalue weighted by atomic mass is 9.99. The van der Waals surface area contributed by atoms with Gasteiger partial charge in [-0.1, -0.05) is 81.4 Å². The molecule has 0 aliphatic carbocycles. The largest absolute Gasteiger partial charge is 0.466 e. The highest BCUT2D eigenvalue weighted by atomic mass is 28.4. The van der Waals surface area contributed by atoms with Gasteiger partial charge < -0.3 is 9.16 Å². The Hall–Kier alpha value is -1.65. The first-order valence-corrected chi connectivity index (χ1v) is 12.8. The molecule has 0 saturated carbocycles. The molecule has 0 rings (SSSR count). The van der Waals surface area contributed by atoms with Crippen molar-refractivity contribution in [3.63, 3.8) is 0 Å². The summed E-state index contributed by atoms with van der Waals surface area (Å²) >= 11 is 0. The maximum Gasteiger partial charge on any atom is 0.330 e. The SMILES string of the molecule is C=C/C(C)=C/[C@@H](O[Si](C)(C)C(C)(C)C)[C@@H](C)\C=C(C)/C=C(C)\C=C\C(=O)OC. The Morgan fingerprint density at radius 1 is 1.00 bits per heavy atom. The van der Waals surface area contributed by atoms with Gasteiger partial charge in [0.05, 0.1) is 13.2 Å². The Morgan fingerprint density at radius 3 is 2.04 bits per heavy atom. The summed E-state index contributed by atoms with van der Waals surface area (Å²) in [6.45, 7) is 23.5. The van der Waals surface area contributed by atoms with Crippen molar-refractivity contribution in [2.75, 3.05) is 7.11 Å². The first kappa shape index (κ1) is 26.3. The molecule has 0 bridgehead atoms. The molecule has 3 nitrogen and oxygen atoms in total. The van der Waals surface area contributed by atoms with E-state index in [2.05, 4.69) is 84.2 Å². The smallest absolute Gasteiger partial charge is 0.330 e. The van der Waals surface area contributed by atoms with Crippen molar-refractivity contribution < 1.29 is 14.0 Å². The van der Waals surface area contributed by atoms with Crippen LogP contribution in [0.15, 0.2) is 59.8 Å². The van der Waals surface area contributed by atoms with Gasteiger partial charge in [0.1, 0.15) is 0 Å². The third kappa shape index (κ3) is 9.51. The van der Waals surface area contributed by atoms with Crippen LogP contribution in [-0.4, -0.2) is 27.5 Å². The van der Waals surface area contributed by atoms with Crippen molar-refractivity contribution in [1.82, 2.24) is 0 Å². The Morgan fingerprint density at radius 2 is 1.57 bits per heavy atom. The second-order valence-electron chi connectivity index (χ2n) is 8.97. The molecule has 0 radical (unpaired) electrons. The van der Waals surface area contributed by atoms with Crippen LogP contribution in [0.25, 0.3) is 0 Å². The van der Waals surface area contributed by atoms with Crippen LogP contribution in [0, 0.1) is 5.92 Å². The fraction of sp³-hybridized carbons (Fsp3) is 0.542. The minimum absolute atomic E-state index is 0.00633. The van der Waals surface area contributed by atoms with Crippen molar-refractivity contribution in [2.24, 2.45) is 5.92 Å². The molecule has 0 aromatic rings. The third-order valence-electron chi connectivity index (χ3n) is 5.17. The van der Waals surface area contributed by atoms with E-state index in [1.54, 1.807) is 6.08 Å². The number of hydrogen-bond donors (Lipinski definition) is 0. The number of esters is 1. The number of ether oxygens (including phenoxy) is 1. The number of allylic oxidation sites excluding steroid dienone is 6. The van der Waals surface area contributed by atoms with Gasteiger partial charge in [0.2, 0.25) is 0 Å². The van der Waals surface area contributed by atoms with Gasteiger partial charge in [-0.25, -0.2) is 4.79 Å². The number of hydrogen-bond acceptors (Lipinski definition) is 3. The molecule has 4 heteroatoms. The van der Waals surface area contributed by atoms with E-state index in [1.807, 2.05) is 13.0 Å². The lowest BCUT2D eigenvalue weighted by molar-refractivity contribution is -0.134.